The van der Waals surface area contributed by atoms with Crippen LogP contribution < -0.4 is 14.9 Å². The number of aromatic nitrogens is 2. The van der Waals surface area contributed by atoms with Crippen molar-refractivity contribution in [3.8, 4) is 17.5 Å². The van der Waals surface area contributed by atoms with Crippen molar-refractivity contribution in [3.63, 3.8) is 0 Å². The molecule has 288 valence electrons. The number of ether oxygens (including phenoxy) is 1. The summed E-state index contributed by atoms with van der Waals surface area (Å²) >= 11 is 0. The number of carbonyl (C=O) groups excluding carboxylic acids is 1. The fourth-order valence-electron chi connectivity index (χ4n) is 4.38. The van der Waals surface area contributed by atoms with Crippen LogP contribution in [0.15, 0.2) is 24.3 Å². The Morgan fingerprint density at radius 3 is 1.75 bits per heavy atom. The van der Waals surface area contributed by atoms with E-state index in [0.717, 1.165) is 12.1 Å². The number of nitrogens with one attached hydrogen (secondary N) is 1. The standard InChI is InChI=1S/C27H45N5O15P4/c1-5-43-50(38,44-6-2)20-31(21-51(39,45-7-3)46-8-4)17-23-15-24(14-22(29-23)16-30(18-41-48-36)19-42-49-37)40-13-9-12-28-27(35)47-32-25(33)10-11-26(32)34/h10-11,14-15,33-34H,5-9,12-13,16-21H2,1-4H3,(H,28,35). The Morgan fingerprint density at radius 2 is 1.29 bits per heavy atom. The third-order valence-electron chi connectivity index (χ3n) is 6.14. The fourth-order valence-corrected chi connectivity index (χ4v) is 8.39. The maximum absolute atomic E-state index is 13.6. The van der Waals surface area contributed by atoms with Crippen molar-refractivity contribution < 1.29 is 70.0 Å². The number of rotatable bonds is 28. The van der Waals surface area contributed by atoms with Crippen LogP contribution in [-0.2, 0) is 58.5 Å². The van der Waals surface area contributed by atoms with Crippen LogP contribution >= 0.6 is 32.6 Å². The molecule has 0 bridgehead atoms. The summed E-state index contributed by atoms with van der Waals surface area (Å²) in [4.78, 5) is 24.7. The molecule has 0 aliphatic heterocycles. The molecule has 0 spiro atoms. The molecule has 3 N–H and O–H groups in total. The van der Waals surface area contributed by atoms with Gasteiger partial charge in [0.15, 0.2) is 0 Å². The molecule has 51 heavy (non-hydrogen) atoms. The van der Waals surface area contributed by atoms with E-state index in [1.54, 1.807) is 44.7 Å². The summed E-state index contributed by atoms with van der Waals surface area (Å²) in [5, 5.41) is 21.7. The molecule has 1 amide bonds. The van der Waals surface area contributed by atoms with E-state index in [9.17, 15) is 33.3 Å². The molecular weight excluding hydrogens is 758 g/mol. The SMILES string of the molecule is CCOP(=O)(CN(Cc1cc(OCCCNC(=O)On2c(O)ccc2O)cc(CN(COP=O)COP=O)n1)CP(=O)(OCC)OCC)OCC. The highest BCUT2D eigenvalue weighted by Crippen LogP contribution is 2.53. The van der Waals surface area contributed by atoms with E-state index in [1.165, 1.54) is 4.90 Å². The Kier molecular flexibility index (Phi) is 20.9. The number of aromatic hydroxyl groups is 2. The summed E-state index contributed by atoms with van der Waals surface area (Å²) in [6, 6.07) is 5.51. The van der Waals surface area contributed by atoms with Gasteiger partial charge in [-0.3, -0.25) is 33.0 Å². The first-order valence-electron chi connectivity index (χ1n) is 15.7. The second-order valence-electron chi connectivity index (χ2n) is 10.1. The maximum atomic E-state index is 13.6. The van der Waals surface area contributed by atoms with Gasteiger partial charge in [0.05, 0.1) is 44.4 Å². The zero-order valence-corrected chi connectivity index (χ0v) is 32.4. The lowest BCUT2D eigenvalue weighted by atomic mass is 10.2. The molecule has 0 unspecified atom stereocenters. The second kappa shape index (κ2) is 23.9. The summed E-state index contributed by atoms with van der Waals surface area (Å²) in [7, 11) is -8.58. The normalized spacial score (nSPS) is 12.3. The third kappa shape index (κ3) is 16.8. The van der Waals surface area contributed by atoms with Crippen LogP contribution in [0.4, 0.5) is 4.79 Å². The summed E-state index contributed by atoms with van der Waals surface area (Å²) in [5.74, 6) is -0.605. The molecule has 0 aliphatic rings. The van der Waals surface area contributed by atoms with Crippen LogP contribution in [-0.4, -0.2) is 101 Å². The molecule has 0 saturated heterocycles. The third-order valence-corrected chi connectivity index (χ3v) is 10.7. The molecule has 2 aromatic heterocycles. The van der Waals surface area contributed by atoms with Crippen molar-refractivity contribution in [2.75, 3.05) is 65.6 Å². The van der Waals surface area contributed by atoms with Crippen LogP contribution in [0.5, 0.6) is 17.5 Å². The van der Waals surface area contributed by atoms with Gasteiger partial charge in [-0.05, 0) is 34.1 Å². The van der Waals surface area contributed by atoms with Crippen LogP contribution in [0.2, 0.25) is 0 Å². The maximum Gasteiger partial charge on any atom is 0.432 e. The van der Waals surface area contributed by atoms with Crippen LogP contribution in [0.1, 0.15) is 45.5 Å². The molecular formula is C27H45N5O15P4. The molecule has 20 nitrogen and oxygen atoms in total. The topological polar surface area (TPSA) is 236 Å². The molecule has 2 rings (SSSR count). The molecule has 0 fully saturated rings. The van der Waals surface area contributed by atoms with Gasteiger partial charge in [0, 0.05) is 43.9 Å². The molecule has 0 radical (unpaired) electrons. The number of nitrogens with zero attached hydrogens (tertiary/aromatic N) is 4. The monoisotopic (exact) mass is 803 g/mol. The lowest BCUT2D eigenvalue weighted by molar-refractivity contribution is 0.0583. The molecule has 0 atom stereocenters. The zero-order valence-electron chi connectivity index (χ0n) is 28.8. The van der Waals surface area contributed by atoms with Crippen LogP contribution in [0.25, 0.3) is 0 Å². The first kappa shape index (κ1) is 44.6. The van der Waals surface area contributed by atoms with Gasteiger partial charge in [0.25, 0.3) is 0 Å². The molecule has 0 saturated carbocycles. The van der Waals surface area contributed by atoms with Crippen molar-refractivity contribution in [2.24, 2.45) is 0 Å². The Balaban J connectivity index is 2.34. The number of carbonyl (C=O) groups is 1. The van der Waals surface area contributed by atoms with Crippen LogP contribution in [0, 0.1) is 0 Å². The van der Waals surface area contributed by atoms with Crippen LogP contribution in [0.3, 0.4) is 0 Å². The minimum atomic E-state index is -3.71. The highest BCUT2D eigenvalue weighted by molar-refractivity contribution is 7.54. The summed E-state index contributed by atoms with van der Waals surface area (Å²) < 4.78 is 87.6. The van der Waals surface area contributed by atoms with E-state index in [1.807, 2.05) is 0 Å². The first-order valence-corrected chi connectivity index (χ1v) is 20.6. The lowest BCUT2D eigenvalue weighted by Crippen LogP contribution is -2.33. The van der Waals surface area contributed by atoms with Gasteiger partial charge in [-0.2, -0.15) is 0 Å². The number of pyridine rings is 1. The highest BCUT2D eigenvalue weighted by Gasteiger charge is 2.34. The van der Waals surface area contributed by atoms with E-state index < -0.39 is 50.4 Å². The quantitative estimate of drug-likeness (QED) is 0.0561. The van der Waals surface area contributed by atoms with Crippen molar-refractivity contribution in [2.45, 2.75) is 47.2 Å². The fraction of sp³-hybridized carbons (Fsp3) is 0.630. The Labute approximate surface area is 299 Å². The average Bonchev–Trinajstić information content (AvgIpc) is 3.38. The minimum absolute atomic E-state index is 0.0453. The van der Waals surface area contributed by atoms with Gasteiger partial charge in [-0.25, -0.2) is 13.9 Å². The summed E-state index contributed by atoms with van der Waals surface area (Å²) in [6.07, 6.45) is -1.19. The molecule has 0 aromatic carbocycles. The zero-order chi connectivity index (χ0) is 37.7. The van der Waals surface area contributed by atoms with Gasteiger partial charge < -0.3 is 43.2 Å². The Bertz CT molecular complexity index is 1390. The predicted octanol–water partition coefficient (Wildman–Crippen LogP) is 5.31. The lowest BCUT2D eigenvalue weighted by Gasteiger charge is -2.29. The Hall–Kier alpha value is -2.56. The van der Waals surface area contributed by atoms with E-state index in [-0.39, 0.29) is 78.7 Å². The van der Waals surface area contributed by atoms with E-state index >= 15 is 0 Å². The van der Waals surface area contributed by atoms with E-state index in [0.29, 0.717) is 28.3 Å². The van der Waals surface area contributed by atoms with Gasteiger partial charge >= 0.3 is 38.7 Å². The summed E-state index contributed by atoms with van der Waals surface area (Å²) in [5.41, 5.74) is 0.781. The average molecular weight is 804 g/mol. The van der Waals surface area contributed by atoms with Gasteiger partial charge in [-0.1, -0.05) is 0 Å². The van der Waals surface area contributed by atoms with E-state index in [4.69, 9.17) is 41.7 Å². The van der Waals surface area contributed by atoms with Gasteiger partial charge in [0.1, 0.15) is 31.8 Å². The van der Waals surface area contributed by atoms with Crippen molar-refractivity contribution >= 4 is 38.7 Å². The molecule has 2 aromatic rings. The number of hydrogen-bond acceptors (Lipinski definition) is 18. The number of amides is 1. The summed E-state index contributed by atoms with van der Waals surface area (Å²) in [6.45, 7) is 6.93. The second-order valence-corrected chi connectivity index (χ2v) is 15.0. The smallest absolute Gasteiger partial charge is 0.432 e. The first-order chi connectivity index (χ1) is 24.4. The van der Waals surface area contributed by atoms with Gasteiger partial charge in [-0.15, -0.1) is 4.73 Å². The highest BCUT2D eigenvalue weighted by atomic mass is 31.2. The Morgan fingerprint density at radius 1 is 0.824 bits per heavy atom. The van der Waals surface area contributed by atoms with Crippen molar-refractivity contribution in [1.29, 1.82) is 0 Å². The van der Waals surface area contributed by atoms with E-state index in [2.05, 4.69) is 5.32 Å². The van der Waals surface area contributed by atoms with Gasteiger partial charge in [0.2, 0.25) is 11.8 Å². The molecule has 0 aliphatic carbocycles. The number of hydrogen-bond donors (Lipinski definition) is 3. The van der Waals surface area contributed by atoms with Crippen molar-refractivity contribution in [1.82, 2.24) is 24.8 Å². The molecule has 2 heterocycles. The largest absolute Gasteiger partial charge is 0.493 e. The molecule has 24 heteroatoms. The van der Waals surface area contributed by atoms with Crippen molar-refractivity contribution in [3.05, 3.63) is 35.7 Å². The predicted molar refractivity (Wildman–Crippen MR) is 182 cm³/mol. The minimum Gasteiger partial charge on any atom is -0.493 e.